The van der Waals surface area contributed by atoms with Crippen LogP contribution in [0, 0.1) is 5.92 Å². The van der Waals surface area contributed by atoms with E-state index in [2.05, 4.69) is 21.2 Å². The second-order valence-electron chi connectivity index (χ2n) is 9.00. The largest absolute Gasteiger partial charge is 0.487 e. The molecule has 2 N–H and O–H groups in total. The molecule has 2 amide bonds. The number of hydrogen-bond donors (Lipinski definition) is 2. The van der Waals surface area contributed by atoms with Crippen LogP contribution in [0.25, 0.3) is 0 Å². The number of aliphatic hydroxyl groups is 1. The van der Waals surface area contributed by atoms with E-state index in [0.29, 0.717) is 11.0 Å². The first-order valence-corrected chi connectivity index (χ1v) is 13.5. The van der Waals surface area contributed by atoms with E-state index >= 15 is 0 Å². The lowest BCUT2D eigenvalue weighted by molar-refractivity contribution is 0.0805. The maximum atomic E-state index is 13.3. The number of likely N-dealkylation sites (N-methyl/N-ethyl adjacent to an activating group) is 1. The Hall–Kier alpha value is -1.36. The highest BCUT2D eigenvalue weighted by molar-refractivity contribution is 9.10. The Bertz CT molecular complexity index is 907. The quantitative estimate of drug-likeness (QED) is 0.607. The number of ether oxygens (including phenoxy) is 1. The number of nitrogens with zero attached hydrogens (tertiary/aromatic N) is 2. The van der Waals surface area contributed by atoms with Crippen LogP contribution in [-0.4, -0.2) is 73.7 Å². The Labute approximate surface area is 199 Å². The lowest BCUT2D eigenvalue weighted by Gasteiger charge is -2.37. The first-order chi connectivity index (χ1) is 15.1. The van der Waals surface area contributed by atoms with Gasteiger partial charge in [0.25, 0.3) is 0 Å². The molecule has 3 rings (SSSR count). The third kappa shape index (κ3) is 5.76. The summed E-state index contributed by atoms with van der Waals surface area (Å²) in [6, 6.07) is 4.30. The molecule has 8 nitrogen and oxygen atoms in total. The number of nitrogens with one attached hydrogen (secondary N) is 1. The Morgan fingerprint density at radius 2 is 2.03 bits per heavy atom. The van der Waals surface area contributed by atoms with Crippen LogP contribution in [0.2, 0.25) is 0 Å². The number of amides is 2. The van der Waals surface area contributed by atoms with Crippen LogP contribution in [-0.2, 0) is 10.0 Å². The van der Waals surface area contributed by atoms with Crippen molar-refractivity contribution >= 4 is 32.0 Å². The number of aliphatic hydroxyl groups excluding tert-OH is 1. The summed E-state index contributed by atoms with van der Waals surface area (Å²) in [4.78, 5) is 14.5. The summed E-state index contributed by atoms with van der Waals surface area (Å²) in [5, 5.41) is 12.8. The van der Waals surface area contributed by atoms with Gasteiger partial charge >= 0.3 is 6.03 Å². The van der Waals surface area contributed by atoms with Crippen molar-refractivity contribution in [3.63, 3.8) is 0 Å². The summed E-state index contributed by atoms with van der Waals surface area (Å²) in [6.45, 7) is 3.81. The van der Waals surface area contributed by atoms with Crippen LogP contribution in [0.1, 0.15) is 46.0 Å². The van der Waals surface area contributed by atoms with E-state index in [0.717, 1.165) is 25.7 Å². The molecule has 10 heteroatoms. The van der Waals surface area contributed by atoms with Crippen molar-refractivity contribution in [1.82, 2.24) is 14.5 Å². The van der Waals surface area contributed by atoms with Gasteiger partial charge in [-0.2, -0.15) is 4.31 Å². The number of halogens is 1. The SMILES string of the molecule is C[C@H]1CN([C@@H](C)CO)S(=O)(=O)c2ccc(Br)cc2O[C@H]1CN(C)C(=O)NC1CCCCC1. The van der Waals surface area contributed by atoms with Gasteiger partial charge in [-0.05, 0) is 38.0 Å². The highest BCUT2D eigenvalue weighted by atomic mass is 79.9. The van der Waals surface area contributed by atoms with E-state index < -0.39 is 22.2 Å². The van der Waals surface area contributed by atoms with E-state index in [-0.39, 0.29) is 41.8 Å². The van der Waals surface area contributed by atoms with E-state index in [9.17, 15) is 18.3 Å². The van der Waals surface area contributed by atoms with Crippen molar-refractivity contribution in [2.24, 2.45) is 5.92 Å². The minimum Gasteiger partial charge on any atom is -0.487 e. The van der Waals surface area contributed by atoms with Crippen molar-refractivity contribution in [2.45, 2.75) is 69.0 Å². The minimum absolute atomic E-state index is 0.0622. The van der Waals surface area contributed by atoms with Crippen LogP contribution in [0.5, 0.6) is 5.75 Å². The van der Waals surface area contributed by atoms with Gasteiger partial charge in [0.15, 0.2) is 0 Å². The number of fused-ring (bicyclic) bond motifs is 1. The third-order valence-corrected chi connectivity index (χ3v) is 8.88. The molecule has 1 heterocycles. The molecule has 1 aromatic rings. The zero-order chi connectivity index (χ0) is 23.5. The zero-order valence-electron chi connectivity index (χ0n) is 19.0. The van der Waals surface area contributed by atoms with Gasteiger partial charge in [0.2, 0.25) is 10.0 Å². The highest BCUT2D eigenvalue weighted by Gasteiger charge is 2.38. The lowest BCUT2D eigenvalue weighted by atomic mass is 9.96. The summed E-state index contributed by atoms with van der Waals surface area (Å²) in [5.74, 6) is 0.0305. The predicted molar refractivity (Wildman–Crippen MR) is 126 cm³/mol. The molecule has 3 atom stereocenters. The standard InChI is InChI=1S/C22H34BrN3O5S/c1-15-12-26(16(2)14-27)32(29,30)21-10-9-17(23)11-19(21)31-20(15)13-25(3)22(28)24-18-7-5-4-6-8-18/h9-11,15-16,18,20,27H,4-8,12-14H2,1-3H3,(H,24,28)/t15-,16-,20-/m0/s1. The number of hydrogen-bond acceptors (Lipinski definition) is 5. The smallest absolute Gasteiger partial charge is 0.317 e. The van der Waals surface area contributed by atoms with E-state index in [4.69, 9.17) is 4.74 Å². The average molecular weight is 533 g/mol. The second-order valence-corrected chi connectivity index (χ2v) is 11.8. The van der Waals surface area contributed by atoms with E-state index in [1.54, 1.807) is 31.0 Å². The van der Waals surface area contributed by atoms with Gasteiger partial charge in [-0.3, -0.25) is 0 Å². The number of sulfonamides is 1. The molecule has 2 aliphatic rings. The lowest BCUT2D eigenvalue weighted by Crippen LogP contribution is -2.52. The molecule has 0 radical (unpaired) electrons. The maximum absolute atomic E-state index is 13.3. The van der Waals surface area contributed by atoms with Gasteiger partial charge in [-0.25, -0.2) is 13.2 Å². The molecule has 32 heavy (non-hydrogen) atoms. The van der Waals surface area contributed by atoms with Gasteiger partial charge in [0, 0.05) is 36.1 Å². The fourth-order valence-electron chi connectivity index (χ4n) is 4.30. The Morgan fingerprint density at radius 1 is 1.34 bits per heavy atom. The molecule has 0 spiro atoms. The average Bonchev–Trinajstić information content (AvgIpc) is 2.76. The fourth-order valence-corrected chi connectivity index (χ4v) is 6.47. The summed E-state index contributed by atoms with van der Waals surface area (Å²) >= 11 is 3.39. The molecular weight excluding hydrogens is 498 g/mol. The monoisotopic (exact) mass is 531 g/mol. The second kappa shape index (κ2) is 10.7. The molecule has 1 saturated carbocycles. The first kappa shape index (κ1) is 25.3. The van der Waals surface area contributed by atoms with Crippen molar-refractivity contribution in [3.8, 4) is 5.75 Å². The van der Waals surface area contributed by atoms with Crippen LogP contribution in [0.3, 0.4) is 0 Å². The van der Waals surface area contributed by atoms with Crippen LogP contribution < -0.4 is 10.1 Å². The van der Waals surface area contributed by atoms with Crippen LogP contribution >= 0.6 is 15.9 Å². The summed E-state index contributed by atoms with van der Waals surface area (Å²) in [6.07, 6.45) is 5.07. The molecule has 1 aliphatic heterocycles. The molecule has 180 valence electrons. The number of urea groups is 1. The van der Waals surface area contributed by atoms with Crippen molar-refractivity contribution in [1.29, 1.82) is 0 Å². The third-order valence-electron chi connectivity index (χ3n) is 6.36. The van der Waals surface area contributed by atoms with Crippen molar-refractivity contribution < 1.29 is 23.1 Å². The molecule has 0 aromatic heterocycles. The van der Waals surface area contributed by atoms with Crippen LogP contribution in [0.15, 0.2) is 27.6 Å². The Balaban J connectivity index is 1.84. The molecule has 1 fully saturated rings. The normalized spacial score (nSPS) is 25.0. The van der Waals surface area contributed by atoms with Crippen molar-refractivity contribution in [2.75, 3.05) is 26.7 Å². The molecule has 1 aromatic carbocycles. The van der Waals surface area contributed by atoms with Crippen LogP contribution in [0.4, 0.5) is 4.79 Å². The summed E-state index contributed by atoms with van der Waals surface area (Å²) in [5.41, 5.74) is 0. The zero-order valence-corrected chi connectivity index (χ0v) is 21.4. The summed E-state index contributed by atoms with van der Waals surface area (Å²) in [7, 11) is -2.12. The molecule has 0 unspecified atom stereocenters. The molecular formula is C22H34BrN3O5S. The van der Waals surface area contributed by atoms with Gasteiger partial charge in [-0.15, -0.1) is 0 Å². The topological polar surface area (TPSA) is 99.2 Å². The van der Waals surface area contributed by atoms with Gasteiger partial charge < -0.3 is 20.1 Å². The highest BCUT2D eigenvalue weighted by Crippen LogP contribution is 2.35. The minimum atomic E-state index is -3.86. The number of rotatable bonds is 5. The molecule has 1 aliphatic carbocycles. The number of benzene rings is 1. The first-order valence-electron chi connectivity index (χ1n) is 11.2. The Kier molecular flexibility index (Phi) is 8.46. The fraction of sp³-hybridized carbons (Fsp3) is 0.682. The van der Waals surface area contributed by atoms with Gasteiger partial charge in [0.1, 0.15) is 16.7 Å². The Morgan fingerprint density at radius 3 is 2.69 bits per heavy atom. The predicted octanol–water partition coefficient (Wildman–Crippen LogP) is 3.19. The van der Waals surface area contributed by atoms with E-state index in [1.807, 2.05) is 6.92 Å². The van der Waals surface area contributed by atoms with Crippen molar-refractivity contribution in [3.05, 3.63) is 22.7 Å². The number of carbonyl (C=O) groups is 1. The van der Waals surface area contributed by atoms with E-state index in [1.165, 1.54) is 16.8 Å². The maximum Gasteiger partial charge on any atom is 0.317 e. The molecule has 0 saturated heterocycles. The van der Waals surface area contributed by atoms with Gasteiger partial charge in [-0.1, -0.05) is 42.1 Å². The van der Waals surface area contributed by atoms with Gasteiger partial charge in [0.05, 0.1) is 13.2 Å². The number of carbonyl (C=O) groups excluding carboxylic acids is 1. The summed E-state index contributed by atoms with van der Waals surface area (Å²) < 4.78 is 34.9. The molecule has 0 bridgehead atoms.